The largest absolute Gasteiger partial charge is 0.392 e. The maximum absolute atomic E-state index is 12.4. The Morgan fingerprint density at radius 3 is 2.79 bits per heavy atom. The number of aromatic nitrogens is 1. The van der Waals surface area contributed by atoms with Crippen molar-refractivity contribution in [1.82, 2.24) is 15.2 Å². The maximum Gasteiger partial charge on any atom is 0.251 e. The Bertz CT molecular complexity index is 932. The molecule has 4 rings (SSSR count). The number of β-amino-alcohol motifs (C(OH)–C–C–N with tert-alkyl or cyclic N) is 1. The molecule has 1 amide bonds. The molecular formula is C23H27N3O2. The van der Waals surface area contributed by atoms with Crippen molar-refractivity contribution < 1.29 is 9.90 Å². The summed E-state index contributed by atoms with van der Waals surface area (Å²) < 4.78 is 0. The number of benzene rings is 2. The first-order valence-electron chi connectivity index (χ1n) is 10.1. The Hall–Kier alpha value is -2.63. The monoisotopic (exact) mass is 377 g/mol. The van der Waals surface area contributed by atoms with Gasteiger partial charge in [0.15, 0.2) is 0 Å². The standard InChI is InChI=1S/C23H27N3O2/c27-21-3-1-13-26(16-21)14-2-11-25-23(28)18-6-4-17(5-7-18)19-8-9-22-20(15-19)10-12-24-22/h4-10,12,15,21,24,27H,1-3,11,13-14,16H2,(H,25,28). The van der Waals surface area contributed by atoms with Crippen molar-refractivity contribution >= 4 is 16.8 Å². The van der Waals surface area contributed by atoms with Crippen LogP contribution in [0.4, 0.5) is 0 Å². The first-order valence-corrected chi connectivity index (χ1v) is 10.1. The predicted octanol–water partition coefficient (Wildman–Crippen LogP) is 3.41. The lowest BCUT2D eigenvalue weighted by atomic mass is 10.0. The molecule has 3 N–H and O–H groups in total. The molecule has 0 radical (unpaired) electrons. The van der Waals surface area contributed by atoms with Crippen LogP contribution in [0.2, 0.25) is 0 Å². The Labute approximate surface area is 165 Å². The van der Waals surface area contributed by atoms with Crippen molar-refractivity contribution in [2.24, 2.45) is 0 Å². The van der Waals surface area contributed by atoms with Crippen LogP contribution < -0.4 is 5.32 Å². The van der Waals surface area contributed by atoms with Gasteiger partial charge < -0.3 is 20.3 Å². The third-order valence-corrected chi connectivity index (χ3v) is 5.45. The molecule has 2 heterocycles. The smallest absolute Gasteiger partial charge is 0.251 e. The van der Waals surface area contributed by atoms with Crippen LogP contribution in [-0.2, 0) is 0 Å². The fraction of sp³-hybridized carbons (Fsp3) is 0.348. The summed E-state index contributed by atoms with van der Waals surface area (Å²) in [6, 6.07) is 16.1. The number of aliphatic hydroxyl groups is 1. The van der Waals surface area contributed by atoms with E-state index in [1.807, 2.05) is 30.5 Å². The molecule has 3 aromatic rings. The molecule has 5 heteroatoms. The van der Waals surface area contributed by atoms with Gasteiger partial charge in [0, 0.05) is 30.4 Å². The molecule has 1 aliphatic rings. The number of aromatic amines is 1. The third kappa shape index (κ3) is 4.43. The van der Waals surface area contributed by atoms with E-state index >= 15 is 0 Å². The zero-order valence-corrected chi connectivity index (χ0v) is 16.0. The summed E-state index contributed by atoms with van der Waals surface area (Å²) in [5.41, 5.74) is 4.05. The molecular weight excluding hydrogens is 350 g/mol. The second-order valence-corrected chi connectivity index (χ2v) is 7.56. The summed E-state index contributed by atoms with van der Waals surface area (Å²) in [7, 11) is 0. The van der Waals surface area contributed by atoms with Crippen molar-refractivity contribution in [3.05, 3.63) is 60.3 Å². The fourth-order valence-electron chi connectivity index (χ4n) is 3.89. The van der Waals surface area contributed by atoms with Crippen LogP contribution in [0.5, 0.6) is 0 Å². The number of hydrogen-bond acceptors (Lipinski definition) is 3. The van der Waals surface area contributed by atoms with Crippen molar-refractivity contribution in [2.75, 3.05) is 26.2 Å². The van der Waals surface area contributed by atoms with Crippen molar-refractivity contribution in [2.45, 2.75) is 25.4 Å². The molecule has 0 spiro atoms. The van der Waals surface area contributed by atoms with E-state index in [-0.39, 0.29) is 12.0 Å². The minimum atomic E-state index is -0.195. The first-order chi connectivity index (χ1) is 13.7. The lowest BCUT2D eigenvalue weighted by Crippen LogP contribution is -2.39. The van der Waals surface area contributed by atoms with Gasteiger partial charge in [0.1, 0.15) is 0 Å². The number of carbonyl (C=O) groups excluding carboxylic acids is 1. The van der Waals surface area contributed by atoms with E-state index in [0.717, 1.165) is 55.5 Å². The van der Waals surface area contributed by atoms with Gasteiger partial charge in [-0.15, -0.1) is 0 Å². The number of hydrogen-bond donors (Lipinski definition) is 3. The van der Waals surface area contributed by atoms with Crippen LogP contribution in [0.25, 0.3) is 22.0 Å². The maximum atomic E-state index is 12.4. The van der Waals surface area contributed by atoms with Gasteiger partial charge in [0.2, 0.25) is 0 Å². The van der Waals surface area contributed by atoms with E-state index in [1.54, 1.807) is 0 Å². The van der Waals surface area contributed by atoms with E-state index in [9.17, 15) is 9.90 Å². The van der Waals surface area contributed by atoms with Crippen molar-refractivity contribution in [3.8, 4) is 11.1 Å². The Morgan fingerprint density at radius 1 is 1.14 bits per heavy atom. The molecule has 146 valence electrons. The number of H-pyrrole nitrogens is 1. The molecule has 0 aliphatic carbocycles. The summed E-state index contributed by atoms with van der Waals surface area (Å²) >= 11 is 0. The SMILES string of the molecule is O=C(NCCCN1CCCC(O)C1)c1ccc(-c2ccc3[nH]ccc3c2)cc1. The van der Waals surface area contributed by atoms with Gasteiger partial charge in [0.25, 0.3) is 5.91 Å². The zero-order valence-electron chi connectivity index (χ0n) is 16.0. The number of aliphatic hydroxyl groups excluding tert-OH is 1. The second kappa shape index (κ2) is 8.59. The molecule has 5 nitrogen and oxygen atoms in total. The summed E-state index contributed by atoms with van der Waals surface area (Å²) in [5.74, 6) is -0.0358. The molecule has 28 heavy (non-hydrogen) atoms. The quantitative estimate of drug-likeness (QED) is 0.577. The van der Waals surface area contributed by atoms with Crippen molar-refractivity contribution in [1.29, 1.82) is 0 Å². The van der Waals surface area contributed by atoms with Gasteiger partial charge in [0.05, 0.1) is 6.10 Å². The van der Waals surface area contributed by atoms with E-state index in [1.165, 1.54) is 5.39 Å². The number of nitrogens with zero attached hydrogens (tertiary/aromatic N) is 1. The Morgan fingerprint density at radius 2 is 1.96 bits per heavy atom. The van der Waals surface area contributed by atoms with Gasteiger partial charge in [-0.3, -0.25) is 4.79 Å². The lowest BCUT2D eigenvalue weighted by molar-refractivity contribution is 0.0697. The van der Waals surface area contributed by atoms with Gasteiger partial charge in [-0.25, -0.2) is 0 Å². The van der Waals surface area contributed by atoms with Gasteiger partial charge in [-0.05, 0) is 79.2 Å². The van der Waals surface area contributed by atoms with Gasteiger partial charge in [-0.2, -0.15) is 0 Å². The lowest BCUT2D eigenvalue weighted by Gasteiger charge is -2.29. The average molecular weight is 377 g/mol. The molecule has 1 aromatic heterocycles. The molecule has 1 unspecified atom stereocenters. The summed E-state index contributed by atoms with van der Waals surface area (Å²) in [6.07, 6.45) is 4.60. The molecule has 1 fully saturated rings. The van der Waals surface area contributed by atoms with E-state index in [4.69, 9.17) is 0 Å². The second-order valence-electron chi connectivity index (χ2n) is 7.56. The average Bonchev–Trinajstić information content (AvgIpc) is 3.19. The highest BCUT2D eigenvalue weighted by atomic mass is 16.3. The highest BCUT2D eigenvalue weighted by Gasteiger charge is 2.16. The molecule has 1 atom stereocenters. The Balaban J connectivity index is 1.29. The summed E-state index contributed by atoms with van der Waals surface area (Å²) in [6.45, 7) is 3.36. The van der Waals surface area contributed by atoms with Crippen LogP contribution in [0.3, 0.4) is 0 Å². The number of fused-ring (bicyclic) bond motifs is 1. The number of rotatable bonds is 6. The minimum absolute atomic E-state index is 0.0358. The van der Waals surface area contributed by atoms with Gasteiger partial charge >= 0.3 is 0 Å². The third-order valence-electron chi connectivity index (χ3n) is 5.45. The number of carbonyl (C=O) groups is 1. The first kappa shape index (κ1) is 18.7. The number of nitrogens with one attached hydrogen (secondary N) is 2. The molecule has 1 saturated heterocycles. The summed E-state index contributed by atoms with van der Waals surface area (Å²) in [4.78, 5) is 17.8. The van der Waals surface area contributed by atoms with Gasteiger partial charge in [-0.1, -0.05) is 18.2 Å². The highest BCUT2D eigenvalue weighted by Crippen LogP contribution is 2.24. The van der Waals surface area contributed by atoms with Crippen LogP contribution in [0, 0.1) is 0 Å². The van der Waals surface area contributed by atoms with Crippen LogP contribution in [0.15, 0.2) is 54.7 Å². The van der Waals surface area contributed by atoms with Crippen LogP contribution in [0.1, 0.15) is 29.6 Å². The molecule has 1 aliphatic heterocycles. The number of piperidine rings is 1. The number of amides is 1. The van der Waals surface area contributed by atoms with Crippen LogP contribution in [-0.4, -0.2) is 53.2 Å². The molecule has 0 saturated carbocycles. The highest BCUT2D eigenvalue weighted by molar-refractivity contribution is 5.95. The fourth-order valence-corrected chi connectivity index (χ4v) is 3.89. The predicted molar refractivity (Wildman–Crippen MR) is 112 cm³/mol. The number of likely N-dealkylation sites (tertiary alicyclic amines) is 1. The van der Waals surface area contributed by atoms with Crippen molar-refractivity contribution in [3.63, 3.8) is 0 Å². The Kier molecular flexibility index (Phi) is 5.74. The topological polar surface area (TPSA) is 68.4 Å². The zero-order chi connectivity index (χ0) is 19.3. The van der Waals surface area contributed by atoms with Crippen LogP contribution >= 0.6 is 0 Å². The molecule has 2 aromatic carbocycles. The van der Waals surface area contributed by atoms with E-state index < -0.39 is 0 Å². The van der Waals surface area contributed by atoms with E-state index in [0.29, 0.717) is 12.1 Å². The molecule has 0 bridgehead atoms. The normalized spacial score (nSPS) is 17.7. The minimum Gasteiger partial charge on any atom is -0.392 e. The van der Waals surface area contributed by atoms with E-state index in [2.05, 4.69) is 39.5 Å². The summed E-state index contributed by atoms with van der Waals surface area (Å²) in [5, 5.41) is 13.9.